The largest absolute Gasteiger partial charge is 0.311 e. The first-order chi connectivity index (χ1) is 7.49. The molecule has 0 saturated carbocycles. The highest BCUT2D eigenvalue weighted by atomic mass is 15.3. The first kappa shape index (κ1) is 14.0. The van der Waals surface area contributed by atoms with E-state index in [9.17, 15) is 0 Å². The maximum atomic E-state index is 3.69. The third kappa shape index (κ3) is 3.74. The fourth-order valence-electron chi connectivity index (χ4n) is 2.45. The average molecular weight is 226 g/mol. The summed E-state index contributed by atoms with van der Waals surface area (Å²) in [5.41, 5.74) is 0.327. The molecule has 1 N–H and O–H groups in total. The maximum Gasteiger partial charge on any atom is 0.0278 e. The van der Waals surface area contributed by atoms with E-state index in [1.54, 1.807) is 0 Å². The van der Waals surface area contributed by atoms with E-state index >= 15 is 0 Å². The number of piperazine rings is 1. The van der Waals surface area contributed by atoms with Gasteiger partial charge in [0.05, 0.1) is 0 Å². The Hall–Kier alpha value is -0.0800. The molecule has 96 valence electrons. The van der Waals surface area contributed by atoms with Crippen LogP contribution < -0.4 is 5.32 Å². The molecule has 1 heterocycles. The molecule has 2 unspecified atom stereocenters. The van der Waals surface area contributed by atoms with Gasteiger partial charge in [-0.2, -0.15) is 0 Å². The van der Waals surface area contributed by atoms with Crippen LogP contribution >= 0.6 is 0 Å². The molecule has 0 bridgehead atoms. The van der Waals surface area contributed by atoms with Crippen molar-refractivity contribution in [2.45, 2.75) is 65.5 Å². The second-order valence-electron chi connectivity index (χ2n) is 6.10. The minimum atomic E-state index is 0.327. The third-order valence-corrected chi connectivity index (χ3v) is 3.99. The summed E-state index contributed by atoms with van der Waals surface area (Å²) in [7, 11) is 0. The molecule has 16 heavy (non-hydrogen) atoms. The van der Waals surface area contributed by atoms with Gasteiger partial charge in [-0.1, -0.05) is 33.6 Å². The van der Waals surface area contributed by atoms with Gasteiger partial charge in [-0.3, -0.25) is 4.90 Å². The fourth-order valence-corrected chi connectivity index (χ4v) is 2.45. The van der Waals surface area contributed by atoms with Gasteiger partial charge < -0.3 is 5.32 Å². The van der Waals surface area contributed by atoms with Crippen LogP contribution in [0.2, 0.25) is 0 Å². The van der Waals surface area contributed by atoms with Crippen molar-refractivity contribution in [3.63, 3.8) is 0 Å². The predicted molar refractivity (Wildman–Crippen MR) is 71.8 cm³/mol. The molecule has 0 aliphatic carbocycles. The van der Waals surface area contributed by atoms with E-state index in [1.165, 1.54) is 32.4 Å². The van der Waals surface area contributed by atoms with Crippen molar-refractivity contribution in [1.82, 2.24) is 10.2 Å². The van der Waals surface area contributed by atoms with Gasteiger partial charge in [-0.15, -0.1) is 0 Å². The summed E-state index contributed by atoms with van der Waals surface area (Å²) in [6, 6.07) is 0.710. The summed E-state index contributed by atoms with van der Waals surface area (Å²) < 4.78 is 0. The van der Waals surface area contributed by atoms with Gasteiger partial charge in [0.2, 0.25) is 0 Å². The number of hydrogen-bond acceptors (Lipinski definition) is 2. The highest BCUT2D eigenvalue weighted by Gasteiger charge is 2.33. The second kappa shape index (κ2) is 6.02. The maximum absolute atomic E-state index is 3.69. The summed E-state index contributed by atoms with van der Waals surface area (Å²) in [5.74, 6) is 0.819. The molecule has 0 spiro atoms. The predicted octanol–water partition coefficient (Wildman–Crippen LogP) is 2.89. The smallest absolute Gasteiger partial charge is 0.0278 e. The minimum Gasteiger partial charge on any atom is -0.311 e. The zero-order chi connectivity index (χ0) is 12.2. The number of nitrogens with zero attached hydrogens (tertiary/aromatic N) is 1. The molecule has 0 radical (unpaired) electrons. The van der Waals surface area contributed by atoms with Gasteiger partial charge in [0.15, 0.2) is 0 Å². The molecular formula is C14H30N2. The molecule has 0 aromatic rings. The van der Waals surface area contributed by atoms with Crippen molar-refractivity contribution >= 4 is 0 Å². The molecule has 1 fully saturated rings. The monoisotopic (exact) mass is 226 g/mol. The van der Waals surface area contributed by atoms with E-state index in [4.69, 9.17) is 0 Å². The van der Waals surface area contributed by atoms with Crippen LogP contribution in [0.25, 0.3) is 0 Å². The summed E-state index contributed by atoms with van der Waals surface area (Å²) in [6.07, 6.45) is 3.89. The lowest BCUT2D eigenvalue weighted by atomic mass is 9.94. The summed E-state index contributed by atoms with van der Waals surface area (Å²) in [6.45, 7) is 15.3. The highest BCUT2D eigenvalue weighted by Crippen LogP contribution is 2.22. The Morgan fingerprint density at radius 3 is 2.62 bits per heavy atom. The van der Waals surface area contributed by atoms with Crippen molar-refractivity contribution in [3.8, 4) is 0 Å². The molecule has 0 amide bonds. The standard InChI is InChI=1S/C14H30N2/c1-6-8-13-10-16(9-12(3)7-2)14(4,5)11-15-13/h12-13,15H,6-11H2,1-5H3. The Balaban J connectivity index is 2.54. The Morgan fingerprint density at radius 2 is 2.06 bits per heavy atom. The van der Waals surface area contributed by atoms with Crippen molar-refractivity contribution in [1.29, 1.82) is 0 Å². The van der Waals surface area contributed by atoms with E-state index < -0.39 is 0 Å². The number of hydrogen-bond donors (Lipinski definition) is 1. The van der Waals surface area contributed by atoms with Gasteiger partial charge in [0.1, 0.15) is 0 Å². The molecule has 2 atom stereocenters. The van der Waals surface area contributed by atoms with E-state index in [-0.39, 0.29) is 0 Å². The zero-order valence-corrected chi connectivity index (χ0v) is 11.8. The summed E-state index contributed by atoms with van der Waals surface area (Å²) in [5, 5.41) is 3.69. The van der Waals surface area contributed by atoms with Crippen LogP contribution in [-0.4, -0.2) is 36.1 Å². The van der Waals surface area contributed by atoms with Gasteiger partial charge >= 0.3 is 0 Å². The van der Waals surface area contributed by atoms with Crippen LogP contribution in [0.3, 0.4) is 0 Å². The lowest BCUT2D eigenvalue weighted by Crippen LogP contribution is -2.62. The van der Waals surface area contributed by atoms with Crippen molar-refractivity contribution in [2.75, 3.05) is 19.6 Å². The van der Waals surface area contributed by atoms with E-state index in [0.29, 0.717) is 11.6 Å². The second-order valence-corrected chi connectivity index (χ2v) is 6.10. The topological polar surface area (TPSA) is 15.3 Å². The number of nitrogens with one attached hydrogen (secondary N) is 1. The minimum absolute atomic E-state index is 0.327. The Labute approximate surface area is 102 Å². The van der Waals surface area contributed by atoms with Gasteiger partial charge in [0.25, 0.3) is 0 Å². The van der Waals surface area contributed by atoms with E-state index in [0.717, 1.165) is 12.5 Å². The van der Waals surface area contributed by atoms with Gasteiger partial charge in [-0.25, -0.2) is 0 Å². The molecule has 1 saturated heterocycles. The van der Waals surface area contributed by atoms with Crippen LogP contribution in [0.1, 0.15) is 53.9 Å². The van der Waals surface area contributed by atoms with E-state index in [2.05, 4.69) is 44.8 Å². The number of rotatable bonds is 5. The third-order valence-electron chi connectivity index (χ3n) is 3.99. The lowest BCUT2D eigenvalue weighted by molar-refractivity contribution is 0.0503. The normalized spacial score (nSPS) is 27.9. The molecule has 1 aliphatic rings. The SMILES string of the molecule is CCCC1CN(CC(C)CC)C(C)(C)CN1. The molecule has 0 aromatic heterocycles. The Bertz CT molecular complexity index is 201. The molecule has 0 aromatic carbocycles. The quantitative estimate of drug-likeness (QED) is 0.775. The zero-order valence-electron chi connectivity index (χ0n) is 11.8. The van der Waals surface area contributed by atoms with Crippen molar-refractivity contribution < 1.29 is 0 Å². The van der Waals surface area contributed by atoms with Gasteiger partial charge in [-0.05, 0) is 26.2 Å². The van der Waals surface area contributed by atoms with Gasteiger partial charge in [0, 0.05) is 31.2 Å². The molecular weight excluding hydrogens is 196 g/mol. The summed E-state index contributed by atoms with van der Waals surface area (Å²) in [4.78, 5) is 2.69. The first-order valence-electron chi connectivity index (χ1n) is 6.98. The van der Waals surface area contributed by atoms with Crippen LogP contribution in [0.4, 0.5) is 0 Å². The fraction of sp³-hybridized carbons (Fsp3) is 1.00. The molecule has 1 rings (SSSR count). The first-order valence-corrected chi connectivity index (χ1v) is 6.98. The Kier molecular flexibility index (Phi) is 5.26. The average Bonchev–Trinajstić information content (AvgIpc) is 2.23. The van der Waals surface area contributed by atoms with Crippen LogP contribution in [-0.2, 0) is 0 Å². The van der Waals surface area contributed by atoms with Crippen LogP contribution in [0, 0.1) is 5.92 Å². The molecule has 2 heteroatoms. The van der Waals surface area contributed by atoms with E-state index in [1.807, 2.05) is 0 Å². The summed E-state index contributed by atoms with van der Waals surface area (Å²) >= 11 is 0. The van der Waals surface area contributed by atoms with Crippen LogP contribution in [0.5, 0.6) is 0 Å². The molecule has 1 aliphatic heterocycles. The molecule has 2 nitrogen and oxygen atoms in total. The lowest BCUT2D eigenvalue weighted by Gasteiger charge is -2.47. The van der Waals surface area contributed by atoms with Crippen molar-refractivity contribution in [3.05, 3.63) is 0 Å². The van der Waals surface area contributed by atoms with Crippen LogP contribution in [0.15, 0.2) is 0 Å². The highest BCUT2D eigenvalue weighted by molar-refractivity contribution is 4.93. The van der Waals surface area contributed by atoms with Crippen molar-refractivity contribution in [2.24, 2.45) is 5.92 Å². The Morgan fingerprint density at radius 1 is 1.38 bits per heavy atom.